The second kappa shape index (κ2) is 5.71. The first kappa shape index (κ1) is 13.9. The lowest BCUT2D eigenvalue weighted by molar-refractivity contribution is 0.341. The van der Waals surface area contributed by atoms with Gasteiger partial charge >= 0.3 is 0 Å². The maximum Gasteiger partial charge on any atom is 0.186 e. The van der Waals surface area contributed by atoms with E-state index in [0.29, 0.717) is 30.0 Å². The Morgan fingerprint density at radius 2 is 2.24 bits per heavy atom. The molecule has 0 aliphatic heterocycles. The molecule has 3 rings (SSSR count). The number of nitrogens with two attached hydrogens (primary N) is 1. The van der Waals surface area contributed by atoms with Crippen molar-refractivity contribution in [3.05, 3.63) is 18.2 Å². The van der Waals surface area contributed by atoms with Crippen molar-refractivity contribution < 1.29 is 4.74 Å². The van der Waals surface area contributed by atoms with E-state index in [1.54, 1.807) is 0 Å². The van der Waals surface area contributed by atoms with Gasteiger partial charge < -0.3 is 10.5 Å². The van der Waals surface area contributed by atoms with Crippen LogP contribution in [0, 0.1) is 5.92 Å². The fraction of sp³-hybridized carbons (Fsp3) is 0.533. The van der Waals surface area contributed by atoms with Crippen LogP contribution in [0.15, 0.2) is 18.2 Å². The van der Waals surface area contributed by atoms with E-state index in [1.807, 2.05) is 29.8 Å². The number of hydrogen-bond donors (Lipinski definition) is 1. The highest BCUT2D eigenvalue weighted by Crippen LogP contribution is 2.39. The Kier molecular flexibility index (Phi) is 3.77. The lowest BCUT2D eigenvalue weighted by Crippen LogP contribution is -2.15. The number of rotatable bonds is 4. The molecule has 112 valence electrons. The average Bonchev–Trinajstić information content (AvgIpc) is 3.09. The van der Waals surface area contributed by atoms with Gasteiger partial charge in [0.05, 0.1) is 23.9 Å². The summed E-state index contributed by atoms with van der Waals surface area (Å²) in [7, 11) is 0. The van der Waals surface area contributed by atoms with Gasteiger partial charge in [0, 0.05) is 0 Å². The van der Waals surface area contributed by atoms with Gasteiger partial charge in [0.25, 0.3) is 0 Å². The summed E-state index contributed by atoms with van der Waals surface area (Å²) in [5, 5.41) is 12.3. The molecule has 0 amide bonds. The highest BCUT2D eigenvalue weighted by molar-refractivity contribution is 5.73. The SMILES string of the molecule is CCOc1c(N)cccc1-c1nnnn1C1CCCC1C. The molecule has 6 nitrogen and oxygen atoms in total. The molecule has 2 aromatic rings. The van der Waals surface area contributed by atoms with Crippen LogP contribution < -0.4 is 10.5 Å². The van der Waals surface area contributed by atoms with Crippen molar-refractivity contribution in [2.24, 2.45) is 5.92 Å². The van der Waals surface area contributed by atoms with Crippen molar-refractivity contribution in [1.29, 1.82) is 0 Å². The first-order valence-corrected chi connectivity index (χ1v) is 7.52. The molecule has 2 unspecified atom stereocenters. The van der Waals surface area contributed by atoms with Crippen LogP contribution in [-0.4, -0.2) is 26.8 Å². The topological polar surface area (TPSA) is 78.8 Å². The summed E-state index contributed by atoms with van der Waals surface area (Å²) in [5.41, 5.74) is 7.52. The molecule has 1 aliphatic rings. The first-order chi connectivity index (χ1) is 10.2. The number of ether oxygens (including phenoxy) is 1. The second-order valence-electron chi connectivity index (χ2n) is 5.58. The highest BCUT2D eigenvalue weighted by Gasteiger charge is 2.29. The van der Waals surface area contributed by atoms with Crippen molar-refractivity contribution in [2.75, 3.05) is 12.3 Å². The molecule has 1 aromatic carbocycles. The molecule has 0 bridgehead atoms. The fourth-order valence-corrected chi connectivity index (χ4v) is 3.12. The number of anilines is 1. The standard InChI is InChI=1S/C15H21N5O/c1-3-21-14-11(7-5-8-12(14)16)15-17-18-19-20(15)13-9-4-6-10(13)2/h5,7-8,10,13H,3-4,6,9,16H2,1-2H3. The number of nitrogens with zero attached hydrogens (tertiary/aromatic N) is 4. The average molecular weight is 287 g/mol. The largest absolute Gasteiger partial charge is 0.491 e. The van der Waals surface area contributed by atoms with Crippen molar-refractivity contribution in [3.8, 4) is 17.1 Å². The Morgan fingerprint density at radius 3 is 2.95 bits per heavy atom. The molecule has 0 spiro atoms. The normalized spacial score (nSPS) is 21.6. The molecule has 1 heterocycles. The Labute approximate surface area is 124 Å². The lowest BCUT2D eigenvalue weighted by atomic mass is 10.1. The van der Waals surface area contributed by atoms with E-state index in [0.717, 1.165) is 17.8 Å². The second-order valence-corrected chi connectivity index (χ2v) is 5.58. The van der Waals surface area contributed by atoms with Crippen molar-refractivity contribution in [1.82, 2.24) is 20.2 Å². The van der Waals surface area contributed by atoms with Crippen molar-refractivity contribution in [3.63, 3.8) is 0 Å². The molecule has 0 radical (unpaired) electrons. The van der Waals surface area contributed by atoms with Gasteiger partial charge in [0.1, 0.15) is 0 Å². The number of para-hydroxylation sites is 1. The summed E-state index contributed by atoms with van der Waals surface area (Å²) in [6.45, 7) is 4.76. The van der Waals surface area contributed by atoms with Gasteiger partial charge in [-0.1, -0.05) is 19.4 Å². The third kappa shape index (κ3) is 2.46. The molecule has 0 saturated heterocycles. The van der Waals surface area contributed by atoms with E-state index in [2.05, 4.69) is 22.4 Å². The Hall–Kier alpha value is -2.11. The minimum atomic E-state index is 0.353. The van der Waals surface area contributed by atoms with E-state index < -0.39 is 0 Å². The van der Waals surface area contributed by atoms with Gasteiger partial charge in [-0.2, -0.15) is 0 Å². The Bertz CT molecular complexity index is 624. The molecule has 1 aromatic heterocycles. The molecule has 6 heteroatoms. The zero-order valence-electron chi connectivity index (χ0n) is 12.5. The third-order valence-corrected chi connectivity index (χ3v) is 4.20. The van der Waals surface area contributed by atoms with Crippen LogP contribution in [0.2, 0.25) is 0 Å². The van der Waals surface area contributed by atoms with Gasteiger partial charge in [-0.25, -0.2) is 4.68 Å². The minimum Gasteiger partial charge on any atom is -0.491 e. The van der Waals surface area contributed by atoms with Crippen LogP contribution in [0.1, 0.15) is 39.2 Å². The van der Waals surface area contributed by atoms with Crippen LogP contribution in [0.25, 0.3) is 11.4 Å². The van der Waals surface area contributed by atoms with E-state index >= 15 is 0 Å². The lowest BCUT2D eigenvalue weighted by Gasteiger charge is -2.18. The Morgan fingerprint density at radius 1 is 1.38 bits per heavy atom. The molecule has 1 saturated carbocycles. The van der Waals surface area contributed by atoms with Gasteiger partial charge in [-0.15, -0.1) is 5.10 Å². The van der Waals surface area contributed by atoms with Crippen molar-refractivity contribution in [2.45, 2.75) is 39.2 Å². The third-order valence-electron chi connectivity index (χ3n) is 4.20. The summed E-state index contributed by atoms with van der Waals surface area (Å²) in [6.07, 6.45) is 3.56. The van der Waals surface area contributed by atoms with E-state index in [-0.39, 0.29) is 0 Å². The monoisotopic (exact) mass is 287 g/mol. The summed E-state index contributed by atoms with van der Waals surface area (Å²) in [6, 6.07) is 6.06. The van der Waals surface area contributed by atoms with Crippen LogP contribution in [-0.2, 0) is 0 Å². The molecule has 21 heavy (non-hydrogen) atoms. The number of aromatic nitrogens is 4. The zero-order chi connectivity index (χ0) is 14.8. The molecule has 1 aliphatic carbocycles. The van der Waals surface area contributed by atoms with Crippen LogP contribution in [0.5, 0.6) is 5.75 Å². The molecular formula is C15H21N5O. The number of tetrazole rings is 1. The maximum absolute atomic E-state index is 6.04. The number of benzene rings is 1. The number of hydrogen-bond acceptors (Lipinski definition) is 5. The van der Waals surface area contributed by atoms with Crippen LogP contribution in [0.4, 0.5) is 5.69 Å². The van der Waals surface area contributed by atoms with Crippen LogP contribution >= 0.6 is 0 Å². The fourth-order valence-electron chi connectivity index (χ4n) is 3.12. The van der Waals surface area contributed by atoms with E-state index in [4.69, 9.17) is 10.5 Å². The van der Waals surface area contributed by atoms with Gasteiger partial charge in [0.2, 0.25) is 0 Å². The van der Waals surface area contributed by atoms with E-state index in [9.17, 15) is 0 Å². The number of nitrogen functional groups attached to an aromatic ring is 1. The molecule has 2 atom stereocenters. The van der Waals surface area contributed by atoms with Gasteiger partial charge in [0.15, 0.2) is 11.6 Å². The molecule has 2 N–H and O–H groups in total. The first-order valence-electron chi connectivity index (χ1n) is 7.52. The summed E-state index contributed by atoms with van der Waals surface area (Å²) in [4.78, 5) is 0. The predicted molar refractivity (Wildman–Crippen MR) is 80.9 cm³/mol. The highest BCUT2D eigenvalue weighted by atomic mass is 16.5. The summed E-state index contributed by atoms with van der Waals surface area (Å²) < 4.78 is 7.64. The summed E-state index contributed by atoms with van der Waals surface area (Å²) in [5.74, 6) is 2.00. The zero-order valence-corrected chi connectivity index (χ0v) is 12.5. The van der Waals surface area contributed by atoms with Gasteiger partial charge in [-0.3, -0.25) is 0 Å². The van der Waals surface area contributed by atoms with Crippen LogP contribution in [0.3, 0.4) is 0 Å². The Balaban J connectivity index is 2.06. The predicted octanol–water partition coefficient (Wildman–Crippen LogP) is 2.68. The van der Waals surface area contributed by atoms with Crippen molar-refractivity contribution >= 4 is 5.69 Å². The van der Waals surface area contributed by atoms with E-state index in [1.165, 1.54) is 12.8 Å². The quantitative estimate of drug-likeness (QED) is 0.875. The summed E-state index contributed by atoms with van der Waals surface area (Å²) >= 11 is 0. The van der Waals surface area contributed by atoms with Gasteiger partial charge in [-0.05, 0) is 48.2 Å². The smallest absolute Gasteiger partial charge is 0.186 e. The minimum absolute atomic E-state index is 0.353. The molecular weight excluding hydrogens is 266 g/mol. The maximum atomic E-state index is 6.04. The molecule has 1 fully saturated rings.